The van der Waals surface area contributed by atoms with Crippen molar-refractivity contribution in [3.8, 4) is 0 Å². The molecule has 1 aliphatic heterocycles. The highest BCUT2D eigenvalue weighted by molar-refractivity contribution is 7.91. The molecule has 0 aromatic heterocycles. The van der Waals surface area contributed by atoms with Crippen LogP contribution in [0.15, 0.2) is 0 Å². The molecule has 4 nitrogen and oxygen atoms in total. The zero-order valence-electron chi connectivity index (χ0n) is 11.2. The molecule has 2 rings (SSSR count). The maximum absolute atomic E-state index is 11.6. The van der Waals surface area contributed by atoms with Gasteiger partial charge in [-0.05, 0) is 30.7 Å². The number of ether oxygens (including phenoxy) is 1. The van der Waals surface area contributed by atoms with Crippen molar-refractivity contribution in [2.75, 3.05) is 38.3 Å². The number of sulfone groups is 1. The summed E-state index contributed by atoms with van der Waals surface area (Å²) >= 11 is 0. The van der Waals surface area contributed by atoms with Crippen LogP contribution < -0.4 is 5.32 Å². The van der Waals surface area contributed by atoms with Gasteiger partial charge in [0.1, 0.15) is 0 Å². The lowest BCUT2D eigenvalue weighted by Crippen LogP contribution is -2.38. The second-order valence-electron chi connectivity index (χ2n) is 5.71. The first kappa shape index (κ1) is 14.3. The predicted octanol–water partition coefficient (Wildman–Crippen LogP) is 1.07. The summed E-state index contributed by atoms with van der Waals surface area (Å²) in [4.78, 5) is 0. The molecule has 1 heterocycles. The van der Waals surface area contributed by atoms with Gasteiger partial charge in [0.15, 0.2) is 9.84 Å². The van der Waals surface area contributed by atoms with E-state index in [-0.39, 0.29) is 0 Å². The molecule has 1 saturated heterocycles. The van der Waals surface area contributed by atoms with Gasteiger partial charge in [0, 0.05) is 13.7 Å². The molecule has 0 radical (unpaired) electrons. The van der Waals surface area contributed by atoms with Gasteiger partial charge in [-0.25, -0.2) is 8.42 Å². The minimum Gasteiger partial charge on any atom is -0.383 e. The molecule has 1 N–H and O–H groups in total. The molecule has 0 amide bonds. The van der Waals surface area contributed by atoms with Gasteiger partial charge in [0.25, 0.3) is 0 Å². The molecule has 2 unspecified atom stereocenters. The Labute approximate surface area is 110 Å². The van der Waals surface area contributed by atoms with Crippen LogP contribution in [0.5, 0.6) is 0 Å². The van der Waals surface area contributed by atoms with E-state index in [2.05, 4.69) is 5.32 Å². The maximum Gasteiger partial charge on any atom is 0.150 e. The number of methoxy groups -OCH3 is 1. The normalized spacial score (nSPS) is 29.1. The highest BCUT2D eigenvalue weighted by Crippen LogP contribution is 2.40. The van der Waals surface area contributed by atoms with Crippen LogP contribution in [-0.4, -0.2) is 46.7 Å². The van der Waals surface area contributed by atoms with E-state index in [0.717, 1.165) is 32.0 Å². The van der Waals surface area contributed by atoms with E-state index in [4.69, 9.17) is 4.74 Å². The van der Waals surface area contributed by atoms with E-state index in [1.807, 2.05) is 0 Å². The summed E-state index contributed by atoms with van der Waals surface area (Å²) in [6.45, 7) is 2.54. The number of hydrogen-bond donors (Lipinski definition) is 1. The van der Waals surface area contributed by atoms with E-state index in [9.17, 15) is 8.42 Å². The molecular weight excluding hydrogens is 250 g/mol. The minimum atomic E-state index is -2.75. The predicted molar refractivity (Wildman–Crippen MR) is 72.3 cm³/mol. The molecular formula is C13H25NO3S. The zero-order valence-corrected chi connectivity index (χ0v) is 12.0. The van der Waals surface area contributed by atoms with Gasteiger partial charge in [-0.3, -0.25) is 0 Å². The Morgan fingerprint density at radius 2 is 2.06 bits per heavy atom. The van der Waals surface area contributed by atoms with Crippen molar-refractivity contribution >= 4 is 9.84 Å². The lowest BCUT2D eigenvalue weighted by Gasteiger charge is -2.37. The Bertz CT molecular complexity index is 351. The van der Waals surface area contributed by atoms with Crippen molar-refractivity contribution < 1.29 is 13.2 Å². The Hall–Kier alpha value is -0.130. The van der Waals surface area contributed by atoms with Crippen LogP contribution in [0.2, 0.25) is 0 Å². The van der Waals surface area contributed by atoms with Gasteiger partial charge in [-0.15, -0.1) is 0 Å². The standard InChI is InChI=1S/C13H25NO3S/c1-17-7-6-14-9-13(11-3-2-4-11)12-5-8-18(15,16)10-12/h11-14H,2-10H2,1H3. The van der Waals surface area contributed by atoms with Gasteiger partial charge in [-0.2, -0.15) is 0 Å². The molecule has 5 heteroatoms. The molecule has 2 aliphatic rings. The maximum atomic E-state index is 11.6. The van der Waals surface area contributed by atoms with E-state index in [1.165, 1.54) is 19.3 Å². The van der Waals surface area contributed by atoms with Crippen LogP contribution in [0.1, 0.15) is 25.7 Å². The van der Waals surface area contributed by atoms with Crippen LogP contribution in [0.25, 0.3) is 0 Å². The van der Waals surface area contributed by atoms with E-state index >= 15 is 0 Å². The van der Waals surface area contributed by atoms with Crippen molar-refractivity contribution in [1.29, 1.82) is 0 Å². The number of rotatable bonds is 7. The summed E-state index contributed by atoms with van der Waals surface area (Å²) in [6.07, 6.45) is 4.76. The lowest BCUT2D eigenvalue weighted by molar-refractivity contribution is 0.144. The van der Waals surface area contributed by atoms with Crippen LogP contribution >= 0.6 is 0 Å². The third-order valence-corrected chi connectivity index (χ3v) is 6.29. The van der Waals surface area contributed by atoms with Crippen molar-refractivity contribution in [3.05, 3.63) is 0 Å². The Morgan fingerprint density at radius 1 is 1.28 bits per heavy atom. The molecule has 0 bridgehead atoms. The summed E-state index contributed by atoms with van der Waals surface area (Å²) in [5, 5.41) is 3.42. The fourth-order valence-corrected chi connectivity index (χ4v) is 5.09. The monoisotopic (exact) mass is 275 g/mol. The fourth-order valence-electron chi connectivity index (χ4n) is 3.19. The molecule has 0 aromatic carbocycles. The summed E-state index contributed by atoms with van der Waals surface area (Å²) in [5.74, 6) is 2.50. The first-order valence-corrected chi connectivity index (χ1v) is 8.84. The highest BCUT2D eigenvalue weighted by Gasteiger charge is 2.38. The van der Waals surface area contributed by atoms with Gasteiger partial charge in [0.2, 0.25) is 0 Å². The second kappa shape index (κ2) is 6.35. The molecule has 106 valence electrons. The average molecular weight is 275 g/mol. The number of hydrogen-bond acceptors (Lipinski definition) is 4. The first-order valence-electron chi connectivity index (χ1n) is 7.02. The summed E-state index contributed by atoms with van der Waals surface area (Å²) in [6, 6.07) is 0. The van der Waals surface area contributed by atoms with Gasteiger partial charge in [0.05, 0.1) is 18.1 Å². The Balaban J connectivity index is 1.85. The van der Waals surface area contributed by atoms with Crippen LogP contribution in [0, 0.1) is 17.8 Å². The molecule has 0 aromatic rings. The van der Waals surface area contributed by atoms with Gasteiger partial charge >= 0.3 is 0 Å². The average Bonchev–Trinajstić information content (AvgIpc) is 2.60. The lowest BCUT2D eigenvalue weighted by atomic mass is 9.70. The van der Waals surface area contributed by atoms with Crippen molar-refractivity contribution in [2.45, 2.75) is 25.7 Å². The van der Waals surface area contributed by atoms with E-state index < -0.39 is 9.84 Å². The molecule has 18 heavy (non-hydrogen) atoms. The fraction of sp³-hybridized carbons (Fsp3) is 1.00. The van der Waals surface area contributed by atoms with Crippen LogP contribution in [0.4, 0.5) is 0 Å². The summed E-state index contributed by atoms with van der Waals surface area (Å²) < 4.78 is 28.2. The molecule has 1 saturated carbocycles. The quantitative estimate of drug-likeness (QED) is 0.706. The molecule has 0 spiro atoms. The molecule has 1 aliphatic carbocycles. The highest BCUT2D eigenvalue weighted by atomic mass is 32.2. The third kappa shape index (κ3) is 3.68. The summed E-state index contributed by atoms with van der Waals surface area (Å²) in [5.41, 5.74) is 0. The summed E-state index contributed by atoms with van der Waals surface area (Å²) in [7, 11) is -1.04. The van der Waals surface area contributed by atoms with Gasteiger partial charge < -0.3 is 10.1 Å². The largest absolute Gasteiger partial charge is 0.383 e. The molecule has 2 atom stereocenters. The van der Waals surface area contributed by atoms with Crippen LogP contribution in [-0.2, 0) is 14.6 Å². The van der Waals surface area contributed by atoms with Gasteiger partial charge in [-0.1, -0.05) is 19.3 Å². The van der Waals surface area contributed by atoms with Crippen molar-refractivity contribution in [2.24, 2.45) is 17.8 Å². The Morgan fingerprint density at radius 3 is 2.56 bits per heavy atom. The second-order valence-corrected chi connectivity index (χ2v) is 7.94. The number of nitrogens with one attached hydrogen (secondary N) is 1. The van der Waals surface area contributed by atoms with E-state index in [1.54, 1.807) is 7.11 Å². The van der Waals surface area contributed by atoms with Crippen molar-refractivity contribution in [3.63, 3.8) is 0 Å². The van der Waals surface area contributed by atoms with Crippen LogP contribution in [0.3, 0.4) is 0 Å². The third-order valence-electron chi connectivity index (χ3n) is 4.49. The molecule has 2 fully saturated rings. The Kier molecular flexibility index (Phi) is 5.04. The topological polar surface area (TPSA) is 55.4 Å². The van der Waals surface area contributed by atoms with E-state index in [0.29, 0.717) is 23.3 Å². The zero-order chi connectivity index (χ0) is 13.0. The smallest absolute Gasteiger partial charge is 0.150 e. The van der Waals surface area contributed by atoms with Crippen molar-refractivity contribution in [1.82, 2.24) is 5.32 Å². The first-order chi connectivity index (χ1) is 8.62. The SMILES string of the molecule is COCCNCC(C1CCC1)C1CCS(=O)(=O)C1. The minimum absolute atomic E-state index is 0.385.